The molecule has 0 N–H and O–H groups in total. The van der Waals surface area contributed by atoms with Crippen LogP contribution in [0.2, 0.25) is 0 Å². The molecular formula is C22H30ClNO. The highest BCUT2D eigenvalue weighted by atomic mass is 35.5. The zero-order chi connectivity index (χ0) is 16.8. The molecule has 1 aliphatic rings. The number of hydrogen-bond acceptors (Lipinski definition) is 2. The summed E-state index contributed by atoms with van der Waals surface area (Å²) in [5.41, 5.74) is 4.13. The second-order valence-corrected chi connectivity index (χ2v) is 6.95. The summed E-state index contributed by atoms with van der Waals surface area (Å²) in [5.74, 6) is 1.06. The summed E-state index contributed by atoms with van der Waals surface area (Å²) in [4.78, 5) is 2.47. The van der Waals surface area contributed by atoms with Crippen LogP contribution in [-0.2, 0) is 12.8 Å². The third-order valence-corrected chi connectivity index (χ3v) is 5.28. The average Bonchev–Trinajstić information content (AvgIpc) is 3.00. The fourth-order valence-electron chi connectivity index (χ4n) is 3.66. The number of rotatable bonds is 7. The molecule has 2 aromatic carbocycles. The maximum absolute atomic E-state index is 6.14. The molecule has 1 unspecified atom stereocenters. The first kappa shape index (κ1) is 19.8. The lowest BCUT2D eigenvalue weighted by Crippen LogP contribution is -2.26. The first-order chi connectivity index (χ1) is 11.7. The molecule has 2 nitrogen and oxygen atoms in total. The molecule has 0 amide bonds. The molecule has 1 aliphatic heterocycles. The molecule has 1 heterocycles. The molecule has 2 aromatic rings. The van der Waals surface area contributed by atoms with Crippen molar-refractivity contribution in [2.75, 3.05) is 20.2 Å². The molecule has 3 rings (SSSR count). The Bertz CT molecular complexity index is 658. The van der Waals surface area contributed by atoms with Crippen LogP contribution >= 0.6 is 12.4 Å². The van der Waals surface area contributed by atoms with Crippen LogP contribution in [0.15, 0.2) is 48.5 Å². The van der Waals surface area contributed by atoms with E-state index in [1.165, 1.54) is 36.1 Å². The topological polar surface area (TPSA) is 12.5 Å². The van der Waals surface area contributed by atoms with Crippen LogP contribution in [0.25, 0.3) is 0 Å². The van der Waals surface area contributed by atoms with E-state index in [9.17, 15) is 0 Å². The van der Waals surface area contributed by atoms with Gasteiger partial charge < -0.3 is 9.64 Å². The average molecular weight is 360 g/mol. The summed E-state index contributed by atoms with van der Waals surface area (Å²) in [7, 11) is 2.23. The lowest BCUT2D eigenvalue weighted by atomic mass is 10.0. The number of ether oxygens (including phenoxy) is 1. The number of benzene rings is 2. The van der Waals surface area contributed by atoms with Crippen molar-refractivity contribution in [2.24, 2.45) is 0 Å². The normalized spacial score (nSPS) is 17.3. The van der Waals surface area contributed by atoms with Gasteiger partial charge >= 0.3 is 0 Å². The van der Waals surface area contributed by atoms with Gasteiger partial charge in [0.2, 0.25) is 0 Å². The van der Waals surface area contributed by atoms with Crippen molar-refractivity contribution in [2.45, 2.75) is 45.1 Å². The standard InChI is InChI=1S/C22H29NO.ClH/c1-18-8-3-4-9-19(18)13-14-20-10-5-6-12-22(20)24-17-15-21-11-7-16-23(21)2;/h3-6,8-10,12,21H,7,11,13-17H2,1-2H3;1H. The quantitative estimate of drug-likeness (QED) is 0.684. The molecule has 0 radical (unpaired) electrons. The van der Waals surface area contributed by atoms with Gasteiger partial charge in [-0.15, -0.1) is 12.4 Å². The predicted octanol–water partition coefficient (Wildman–Crippen LogP) is 5.07. The number of para-hydroxylation sites is 1. The van der Waals surface area contributed by atoms with E-state index < -0.39 is 0 Å². The number of likely N-dealkylation sites (tertiary alicyclic amines) is 1. The number of hydrogen-bond donors (Lipinski definition) is 0. The Morgan fingerprint density at radius 3 is 2.40 bits per heavy atom. The summed E-state index contributed by atoms with van der Waals surface area (Å²) in [6.45, 7) is 4.24. The van der Waals surface area contributed by atoms with Gasteiger partial charge in [-0.1, -0.05) is 42.5 Å². The molecular weight excluding hydrogens is 330 g/mol. The van der Waals surface area contributed by atoms with E-state index in [0.29, 0.717) is 6.04 Å². The Labute approximate surface area is 158 Å². The van der Waals surface area contributed by atoms with Crippen molar-refractivity contribution in [3.63, 3.8) is 0 Å². The maximum Gasteiger partial charge on any atom is 0.122 e. The van der Waals surface area contributed by atoms with Crippen molar-refractivity contribution < 1.29 is 4.74 Å². The van der Waals surface area contributed by atoms with Gasteiger partial charge in [0.15, 0.2) is 0 Å². The number of aryl methyl sites for hydroxylation is 3. The van der Waals surface area contributed by atoms with Gasteiger partial charge in [0, 0.05) is 6.04 Å². The fraction of sp³-hybridized carbons (Fsp3) is 0.455. The second-order valence-electron chi connectivity index (χ2n) is 6.95. The number of halogens is 1. The summed E-state index contributed by atoms with van der Waals surface area (Å²) < 4.78 is 6.14. The van der Waals surface area contributed by atoms with Crippen molar-refractivity contribution in [3.8, 4) is 5.75 Å². The third-order valence-electron chi connectivity index (χ3n) is 5.28. The molecule has 0 spiro atoms. The van der Waals surface area contributed by atoms with Gasteiger partial charge in [-0.05, 0) is 75.4 Å². The molecule has 3 heteroatoms. The van der Waals surface area contributed by atoms with Gasteiger partial charge in [0.05, 0.1) is 6.61 Å². The van der Waals surface area contributed by atoms with Crippen LogP contribution in [0.4, 0.5) is 0 Å². The Balaban J connectivity index is 0.00000225. The Kier molecular flexibility index (Phi) is 7.80. The molecule has 1 saturated heterocycles. The monoisotopic (exact) mass is 359 g/mol. The zero-order valence-corrected chi connectivity index (χ0v) is 16.2. The first-order valence-corrected chi connectivity index (χ1v) is 9.19. The van der Waals surface area contributed by atoms with Gasteiger partial charge in [0.1, 0.15) is 5.75 Å². The van der Waals surface area contributed by atoms with Crippen LogP contribution in [0, 0.1) is 6.92 Å². The van der Waals surface area contributed by atoms with Crippen LogP contribution in [0.3, 0.4) is 0 Å². The van der Waals surface area contributed by atoms with E-state index >= 15 is 0 Å². The fourth-order valence-corrected chi connectivity index (χ4v) is 3.66. The number of nitrogens with zero attached hydrogens (tertiary/aromatic N) is 1. The molecule has 25 heavy (non-hydrogen) atoms. The minimum atomic E-state index is 0. The largest absolute Gasteiger partial charge is 0.493 e. The zero-order valence-electron chi connectivity index (χ0n) is 15.4. The van der Waals surface area contributed by atoms with E-state index in [0.717, 1.165) is 31.6 Å². The lowest BCUT2D eigenvalue weighted by Gasteiger charge is -2.20. The highest BCUT2D eigenvalue weighted by molar-refractivity contribution is 5.85. The van der Waals surface area contributed by atoms with Crippen LogP contribution in [-0.4, -0.2) is 31.1 Å². The molecule has 0 saturated carbocycles. The van der Waals surface area contributed by atoms with Crippen molar-refractivity contribution >= 4 is 12.4 Å². The second kappa shape index (κ2) is 9.84. The van der Waals surface area contributed by atoms with E-state index in [4.69, 9.17) is 4.74 Å². The Morgan fingerprint density at radius 1 is 1.00 bits per heavy atom. The smallest absolute Gasteiger partial charge is 0.122 e. The minimum absolute atomic E-state index is 0. The predicted molar refractivity (Wildman–Crippen MR) is 108 cm³/mol. The molecule has 1 atom stereocenters. The molecule has 0 aromatic heterocycles. The van der Waals surface area contributed by atoms with E-state index in [1.54, 1.807) is 0 Å². The summed E-state index contributed by atoms with van der Waals surface area (Å²) in [6, 6.07) is 17.9. The van der Waals surface area contributed by atoms with E-state index in [2.05, 4.69) is 67.4 Å². The Hall–Kier alpha value is -1.51. The third kappa shape index (κ3) is 5.49. The summed E-state index contributed by atoms with van der Waals surface area (Å²) in [6.07, 6.45) is 5.87. The summed E-state index contributed by atoms with van der Waals surface area (Å²) >= 11 is 0. The van der Waals surface area contributed by atoms with Crippen LogP contribution in [0.5, 0.6) is 5.75 Å². The van der Waals surface area contributed by atoms with Gasteiger partial charge in [0.25, 0.3) is 0 Å². The maximum atomic E-state index is 6.14. The van der Waals surface area contributed by atoms with E-state index in [-0.39, 0.29) is 12.4 Å². The first-order valence-electron chi connectivity index (χ1n) is 9.19. The molecule has 0 aliphatic carbocycles. The van der Waals surface area contributed by atoms with Crippen molar-refractivity contribution in [3.05, 3.63) is 65.2 Å². The lowest BCUT2D eigenvalue weighted by molar-refractivity contribution is 0.232. The van der Waals surface area contributed by atoms with Crippen LogP contribution < -0.4 is 4.74 Å². The highest BCUT2D eigenvalue weighted by Gasteiger charge is 2.20. The van der Waals surface area contributed by atoms with Gasteiger partial charge in [-0.2, -0.15) is 0 Å². The van der Waals surface area contributed by atoms with Gasteiger partial charge in [-0.3, -0.25) is 0 Å². The van der Waals surface area contributed by atoms with E-state index in [1.807, 2.05) is 0 Å². The molecule has 1 fully saturated rings. The Morgan fingerprint density at radius 2 is 1.68 bits per heavy atom. The SMILES string of the molecule is Cc1ccccc1CCc1ccccc1OCCC1CCCN1C.Cl. The minimum Gasteiger partial charge on any atom is -0.493 e. The molecule has 136 valence electrons. The van der Waals surface area contributed by atoms with Crippen molar-refractivity contribution in [1.82, 2.24) is 4.90 Å². The highest BCUT2D eigenvalue weighted by Crippen LogP contribution is 2.23. The molecule has 0 bridgehead atoms. The van der Waals surface area contributed by atoms with Gasteiger partial charge in [-0.25, -0.2) is 0 Å². The summed E-state index contributed by atoms with van der Waals surface area (Å²) in [5, 5.41) is 0. The van der Waals surface area contributed by atoms with Crippen LogP contribution in [0.1, 0.15) is 36.0 Å². The van der Waals surface area contributed by atoms with Crippen molar-refractivity contribution in [1.29, 1.82) is 0 Å².